The van der Waals surface area contributed by atoms with Crippen LogP contribution in [0.15, 0.2) is 52.3 Å². The van der Waals surface area contributed by atoms with Gasteiger partial charge in [0.2, 0.25) is 0 Å². The number of Topliss-reactive ketones (excluding diaryl/α,β-unsaturated/α-hetero) is 1. The number of aryl methyl sites for hydroxylation is 1. The maximum atomic E-state index is 13.8. The van der Waals surface area contributed by atoms with Crippen LogP contribution in [-0.4, -0.2) is 5.78 Å². The fraction of sp³-hybridized carbons (Fsp3) is 0.133. The van der Waals surface area contributed by atoms with Crippen LogP contribution in [0.3, 0.4) is 0 Å². The molecule has 2 aromatic rings. The molecule has 0 radical (unpaired) electrons. The van der Waals surface area contributed by atoms with Gasteiger partial charge in [-0.2, -0.15) is 0 Å². The van der Waals surface area contributed by atoms with Crippen LogP contribution < -0.4 is 0 Å². The molecule has 1 nitrogen and oxygen atoms in total. The van der Waals surface area contributed by atoms with Crippen molar-refractivity contribution in [2.24, 2.45) is 0 Å². The van der Waals surface area contributed by atoms with E-state index in [0.717, 1.165) is 4.90 Å². The van der Waals surface area contributed by atoms with Crippen LogP contribution in [0.25, 0.3) is 0 Å². The third kappa shape index (κ3) is 2.99. The van der Waals surface area contributed by atoms with Crippen molar-refractivity contribution in [3.8, 4) is 0 Å². The van der Waals surface area contributed by atoms with Crippen molar-refractivity contribution in [1.82, 2.24) is 0 Å². The zero-order chi connectivity index (χ0) is 13.1. The molecule has 0 unspecified atom stereocenters. The average Bonchev–Trinajstić information content (AvgIpc) is 2.34. The number of halogens is 1. The molecule has 0 N–H and O–H groups in total. The predicted molar refractivity (Wildman–Crippen MR) is 71.7 cm³/mol. The molecule has 0 aliphatic rings. The fourth-order valence-electron chi connectivity index (χ4n) is 1.54. The van der Waals surface area contributed by atoms with Crippen LogP contribution in [0.2, 0.25) is 0 Å². The van der Waals surface area contributed by atoms with Crippen LogP contribution in [0, 0.1) is 12.7 Å². The van der Waals surface area contributed by atoms with E-state index in [9.17, 15) is 9.18 Å². The van der Waals surface area contributed by atoms with Crippen LogP contribution in [0.5, 0.6) is 0 Å². The van der Waals surface area contributed by atoms with Gasteiger partial charge in [-0.3, -0.25) is 4.79 Å². The number of rotatable bonds is 3. The van der Waals surface area contributed by atoms with Gasteiger partial charge in [0.1, 0.15) is 5.82 Å². The Morgan fingerprint density at radius 3 is 2.33 bits per heavy atom. The minimum atomic E-state index is -0.353. The standard InChI is InChI=1S/C15H13FOS/c1-10-3-6-13(7-4-10)18-15-8-5-12(11(2)17)9-14(15)16/h3-9H,1-2H3. The Kier molecular flexibility index (Phi) is 3.82. The summed E-state index contributed by atoms with van der Waals surface area (Å²) in [4.78, 5) is 12.6. The molecule has 0 saturated heterocycles. The highest BCUT2D eigenvalue weighted by atomic mass is 32.2. The molecular formula is C15H13FOS. The van der Waals surface area contributed by atoms with Crippen LogP contribution in [0.1, 0.15) is 22.8 Å². The highest BCUT2D eigenvalue weighted by Crippen LogP contribution is 2.30. The number of carbonyl (C=O) groups excluding carboxylic acids is 1. The van der Waals surface area contributed by atoms with Crippen LogP contribution >= 0.6 is 11.8 Å². The van der Waals surface area contributed by atoms with Gasteiger partial charge in [0.25, 0.3) is 0 Å². The first-order valence-electron chi connectivity index (χ1n) is 5.61. The molecule has 0 spiro atoms. The molecule has 18 heavy (non-hydrogen) atoms. The van der Waals surface area contributed by atoms with E-state index in [4.69, 9.17) is 0 Å². The summed E-state index contributed by atoms with van der Waals surface area (Å²) in [5.74, 6) is -0.478. The van der Waals surface area contributed by atoms with Gasteiger partial charge in [0.15, 0.2) is 5.78 Å². The van der Waals surface area contributed by atoms with E-state index in [2.05, 4.69) is 0 Å². The van der Waals surface area contributed by atoms with Gasteiger partial charge in [0.05, 0.1) is 0 Å². The number of carbonyl (C=O) groups is 1. The summed E-state index contributed by atoms with van der Waals surface area (Å²) in [5.41, 5.74) is 1.58. The molecule has 0 fully saturated rings. The maximum absolute atomic E-state index is 13.8. The summed E-state index contributed by atoms with van der Waals surface area (Å²) in [7, 11) is 0. The largest absolute Gasteiger partial charge is 0.295 e. The molecule has 0 aliphatic carbocycles. The number of hydrogen-bond donors (Lipinski definition) is 0. The summed E-state index contributed by atoms with van der Waals surface area (Å²) in [6.07, 6.45) is 0. The molecule has 0 bridgehead atoms. The van der Waals surface area contributed by atoms with E-state index in [1.807, 2.05) is 31.2 Å². The van der Waals surface area contributed by atoms with Crippen molar-refractivity contribution >= 4 is 17.5 Å². The van der Waals surface area contributed by atoms with Crippen molar-refractivity contribution in [1.29, 1.82) is 0 Å². The first kappa shape index (κ1) is 12.8. The van der Waals surface area contributed by atoms with Crippen molar-refractivity contribution in [3.05, 3.63) is 59.4 Å². The summed E-state index contributed by atoms with van der Waals surface area (Å²) >= 11 is 1.36. The van der Waals surface area contributed by atoms with Crippen molar-refractivity contribution in [2.45, 2.75) is 23.6 Å². The second-order valence-electron chi connectivity index (χ2n) is 4.12. The van der Waals surface area contributed by atoms with E-state index in [1.54, 1.807) is 12.1 Å². The monoisotopic (exact) mass is 260 g/mol. The van der Waals surface area contributed by atoms with E-state index in [1.165, 1.54) is 30.3 Å². The Labute approximate surface area is 110 Å². The van der Waals surface area contributed by atoms with Crippen LogP contribution in [0.4, 0.5) is 4.39 Å². The smallest absolute Gasteiger partial charge is 0.159 e. The predicted octanol–water partition coefficient (Wildman–Crippen LogP) is 4.49. The molecule has 0 aromatic heterocycles. The van der Waals surface area contributed by atoms with Crippen LogP contribution in [-0.2, 0) is 0 Å². The number of benzene rings is 2. The Morgan fingerprint density at radius 2 is 1.78 bits per heavy atom. The van der Waals surface area contributed by atoms with E-state index >= 15 is 0 Å². The first-order valence-corrected chi connectivity index (χ1v) is 6.43. The van der Waals surface area contributed by atoms with E-state index in [-0.39, 0.29) is 11.6 Å². The molecule has 0 atom stereocenters. The third-order valence-electron chi connectivity index (χ3n) is 2.59. The van der Waals surface area contributed by atoms with Crippen molar-refractivity contribution in [2.75, 3.05) is 0 Å². The molecule has 2 rings (SSSR count). The summed E-state index contributed by atoms with van der Waals surface area (Å²) in [6.45, 7) is 3.44. The molecule has 0 amide bonds. The Bertz CT molecular complexity index is 576. The second kappa shape index (κ2) is 5.36. The Hall–Kier alpha value is -1.61. The SMILES string of the molecule is CC(=O)c1ccc(Sc2ccc(C)cc2)c(F)c1. The van der Waals surface area contributed by atoms with E-state index in [0.29, 0.717) is 10.5 Å². The lowest BCUT2D eigenvalue weighted by Crippen LogP contribution is -1.93. The van der Waals surface area contributed by atoms with Gasteiger partial charge in [-0.15, -0.1) is 0 Å². The molecular weight excluding hydrogens is 247 g/mol. The van der Waals surface area contributed by atoms with Gasteiger partial charge < -0.3 is 0 Å². The van der Waals surface area contributed by atoms with Gasteiger partial charge in [0, 0.05) is 15.4 Å². The Morgan fingerprint density at radius 1 is 1.11 bits per heavy atom. The summed E-state index contributed by atoms with van der Waals surface area (Å²) in [6, 6.07) is 12.5. The minimum Gasteiger partial charge on any atom is -0.295 e. The third-order valence-corrected chi connectivity index (χ3v) is 3.65. The molecule has 2 aromatic carbocycles. The lowest BCUT2D eigenvalue weighted by Gasteiger charge is -2.05. The molecule has 0 heterocycles. The van der Waals surface area contributed by atoms with Crippen molar-refractivity contribution in [3.63, 3.8) is 0 Å². The Balaban J connectivity index is 2.24. The second-order valence-corrected chi connectivity index (χ2v) is 5.23. The van der Waals surface area contributed by atoms with Gasteiger partial charge >= 0.3 is 0 Å². The first-order chi connectivity index (χ1) is 8.56. The minimum absolute atomic E-state index is 0.124. The van der Waals surface area contributed by atoms with Crippen molar-refractivity contribution < 1.29 is 9.18 Å². The molecule has 3 heteroatoms. The zero-order valence-electron chi connectivity index (χ0n) is 10.2. The molecule has 0 saturated carbocycles. The normalized spacial score (nSPS) is 10.4. The molecule has 0 aliphatic heterocycles. The summed E-state index contributed by atoms with van der Waals surface area (Å²) < 4.78 is 13.8. The average molecular weight is 260 g/mol. The number of hydrogen-bond acceptors (Lipinski definition) is 2. The fourth-order valence-corrected chi connectivity index (χ4v) is 2.35. The zero-order valence-corrected chi connectivity index (χ0v) is 11.1. The van der Waals surface area contributed by atoms with Gasteiger partial charge in [-0.25, -0.2) is 4.39 Å². The quantitative estimate of drug-likeness (QED) is 0.756. The topological polar surface area (TPSA) is 17.1 Å². The highest BCUT2D eigenvalue weighted by molar-refractivity contribution is 7.99. The number of ketones is 1. The lowest BCUT2D eigenvalue weighted by molar-refractivity contribution is 0.101. The summed E-state index contributed by atoms with van der Waals surface area (Å²) in [5, 5.41) is 0. The lowest BCUT2D eigenvalue weighted by atomic mass is 10.1. The van der Waals surface area contributed by atoms with Gasteiger partial charge in [-0.1, -0.05) is 35.5 Å². The maximum Gasteiger partial charge on any atom is 0.159 e. The van der Waals surface area contributed by atoms with E-state index < -0.39 is 0 Å². The highest BCUT2D eigenvalue weighted by Gasteiger charge is 2.07. The van der Waals surface area contributed by atoms with Gasteiger partial charge in [-0.05, 0) is 38.1 Å². The molecule has 92 valence electrons.